The van der Waals surface area contributed by atoms with E-state index in [1.54, 1.807) is 0 Å². The van der Waals surface area contributed by atoms with Crippen LogP contribution in [0.15, 0.2) is 66.7 Å². The van der Waals surface area contributed by atoms with Gasteiger partial charge in [-0.05, 0) is 36.2 Å². The fourth-order valence-electron chi connectivity index (χ4n) is 3.62. The SMILES string of the molecule is Cc1c(CN2CCS(=O)CC2)cc(-c2ccccc2)n1-c1ccccc1. The largest absolute Gasteiger partial charge is 0.314 e. The molecule has 0 atom stereocenters. The molecule has 1 aromatic heterocycles. The first-order valence-corrected chi connectivity index (χ1v) is 10.6. The van der Waals surface area contributed by atoms with Crippen LogP contribution in [0.25, 0.3) is 16.9 Å². The number of rotatable bonds is 4. The fourth-order valence-corrected chi connectivity index (χ4v) is 4.75. The van der Waals surface area contributed by atoms with Gasteiger partial charge in [-0.3, -0.25) is 9.11 Å². The molecule has 1 aliphatic rings. The molecule has 2 heterocycles. The highest BCUT2D eigenvalue weighted by Gasteiger charge is 2.19. The lowest BCUT2D eigenvalue weighted by molar-refractivity contribution is 0.291. The van der Waals surface area contributed by atoms with Crippen LogP contribution in [0.5, 0.6) is 0 Å². The molecule has 0 amide bonds. The van der Waals surface area contributed by atoms with Gasteiger partial charge in [-0.15, -0.1) is 0 Å². The highest BCUT2D eigenvalue weighted by molar-refractivity contribution is 7.85. The summed E-state index contributed by atoms with van der Waals surface area (Å²) in [5.41, 5.74) is 6.27. The van der Waals surface area contributed by atoms with E-state index in [-0.39, 0.29) is 0 Å². The highest BCUT2D eigenvalue weighted by Crippen LogP contribution is 2.30. The number of hydrogen-bond donors (Lipinski definition) is 0. The van der Waals surface area contributed by atoms with Crippen molar-refractivity contribution in [3.63, 3.8) is 0 Å². The topological polar surface area (TPSA) is 25.2 Å². The Bertz CT molecular complexity index is 893. The zero-order valence-electron chi connectivity index (χ0n) is 15.1. The average molecular weight is 365 g/mol. The molecule has 4 rings (SSSR count). The summed E-state index contributed by atoms with van der Waals surface area (Å²) < 4.78 is 14.0. The normalized spacial score (nSPS) is 16.0. The summed E-state index contributed by atoms with van der Waals surface area (Å²) in [5.74, 6) is 1.59. The molecule has 0 spiro atoms. The van der Waals surface area contributed by atoms with Gasteiger partial charge < -0.3 is 4.57 Å². The van der Waals surface area contributed by atoms with Crippen LogP contribution >= 0.6 is 0 Å². The molecule has 0 N–H and O–H groups in total. The van der Waals surface area contributed by atoms with Crippen molar-refractivity contribution in [1.82, 2.24) is 9.47 Å². The van der Waals surface area contributed by atoms with Crippen LogP contribution in [0, 0.1) is 6.92 Å². The third-order valence-electron chi connectivity index (χ3n) is 5.10. The number of benzene rings is 2. The van der Waals surface area contributed by atoms with Crippen LogP contribution in [0.3, 0.4) is 0 Å². The number of hydrogen-bond acceptors (Lipinski definition) is 2. The van der Waals surface area contributed by atoms with Crippen molar-refractivity contribution < 1.29 is 4.21 Å². The van der Waals surface area contributed by atoms with Crippen molar-refractivity contribution >= 4 is 10.8 Å². The van der Waals surface area contributed by atoms with Crippen molar-refractivity contribution in [1.29, 1.82) is 0 Å². The van der Waals surface area contributed by atoms with Gasteiger partial charge in [-0.2, -0.15) is 0 Å². The van der Waals surface area contributed by atoms with Gasteiger partial charge in [-0.1, -0.05) is 48.5 Å². The molecule has 26 heavy (non-hydrogen) atoms. The lowest BCUT2D eigenvalue weighted by atomic mass is 10.1. The second-order valence-electron chi connectivity index (χ2n) is 6.80. The first-order valence-electron chi connectivity index (χ1n) is 9.12. The van der Waals surface area contributed by atoms with Crippen molar-refractivity contribution in [2.24, 2.45) is 0 Å². The number of nitrogens with zero attached hydrogens (tertiary/aromatic N) is 2. The molecule has 0 saturated carbocycles. The third-order valence-corrected chi connectivity index (χ3v) is 6.38. The van der Waals surface area contributed by atoms with E-state index in [1.165, 1.54) is 28.2 Å². The van der Waals surface area contributed by atoms with Crippen LogP contribution in [-0.4, -0.2) is 38.3 Å². The van der Waals surface area contributed by atoms with E-state index in [4.69, 9.17) is 0 Å². The Morgan fingerprint density at radius 1 is 0.923 bits per heavy atom. The molecule has 1 saturated heterocycles. The molecular formula is C22H24N2OS. The summed E-state index contributed by atoms with van der Waals surface area (Å²) in [6.45, 7) is 4.96. The van der Waals surface area contributed by atoms with Gasteiger partial charge in [0, 0.05) is 53.3 Å². The maximum Gasteiger partial charge on any atom is 0.0534 e. The Balaban J connectivity index is 1.74. The summed E-state index contributed by atoms with van der Waals surface area (Å²) in [5, 5.41) is 0. The monoisotopic (exact) mass is 364 g/mol. The lowest BCUT2D eigenvalue weighted by Gasteiger charge is -2.26. The Labute approximate surface area is 157 Å². The van der Waals surface area contributed by atoms with Gasteiger partial charge in [0.05, 0.1) is 5.69 Å². The summed E-state index contributed by atoms with van der Waals surface area (Å²) >= 11 is 0. The summed E-state index contributed by atoms with van der Waals surface area (Å²) in [7, 11) is -0.630. The van der Waals surface area contributed by atoms with Crippen molar-refractivity contribution in [3.8, 4) is 16.9 Å². The standard InChI is InChI=1S/C22H24N2OS/c1-18-20(17-23-12-14-26(25)15-13-23)16-22(19-8-4-2-5-9-19)24(18)21-10-6-3-7-11-21/h2-11,16H,12-15,17H2,1H3. The van der Waals surface area contributed by atoms with Crippen molar-refractivity contribution in [2.75, 3.05) is 24.6 Å². The van der Waals surface area contributed by atoms with E-state index >= 15 is 0 Å². The van der Waals surface area contributed by atoms with Gasteiger partial charge in [0.1, 0.15) is 0 Å². The lowest BCUT2D eigenvalue weighted by Crippen LogP contribution is -2.37. The minimum atomic E-state index is -0.630. The first kappa shape index (κ1) is 17.3. The molecule has 1 fully saturated rings. The molecule has 4 heteroatoms. The minimum Gasteiger partial charge on any atom is -0.314 e. The molecule has 0 aliphatic carbocycles. The summed E-state index contributed by atoms with van der Waals surface area (Å²) in [6.07, 6.45) is 0. The second kappa shape index (κ2) is 7.60. The van der Waals surface area contributed by atoms with Gasteiger partial charge in [-0.25, -0.2) is 0 Å². The molecule has 0 bridgehead atoms. The van der Waals surface area contributed by atoms with E-state index in [9.17, 15) is 4.21 Å². The van der Waals surface area contributed by atoms with Crippen LogP contribution in [0.2, 0.25) is 0 Å². The van der Waals surface area contributed by atoms with E-state index in [0.29, 0.717) is 0 Å². The second-order valence-corrected chi connectivity index (χ2v) is 8.50. The molecule has 0 radical (unpaired) electrons. The predicted molar refractivity (Wildman–Crippen MR) is 109 cm³/mol. The molecule has 0 unspecified atom stereocenters. The first-order chi connectivity index (χ1) is 12.7. The van der Waals surface area contributed by atoms with Crippen LogP contribution < -0.4 is 0 Å². The van der Waals surface area contributed by atoms with Crippen molar-refractivity contribution in [2.45, 2.75) is 13.5 Å². The highest BCUT2D eigenvalue weighted by atomic mass is 32.2. The average Bonchev–Trinajstić information content (AvgIpc) is 3.01. The van der Waals surface area contributed by atoms with E-state index in [0.717, 1.165) is 31.1 Å². The third kappa shape index (κ3) is 3.53. The minimum absolute atomic E-state index is 0.630. The predicted octanol–water partition coefficient (Wildman–Crippen LogP) is 4.02. The van der Waals surface area contributed by atoms with E-state index in [1.807, 2.05) is 0 Å². The van der Waals surface area contributed by atoms with Gasteiger partial charge in [0.15, 0.2) is 0 Å². The Morgan fingerprint density at radius 2 is 1.54 bits per heavy atom. The van der Waals surface area contributed by atoms with Gasteiger partial charge >= 0.3 is 0 Å². The Kier molecular flexibility index (Phi) is 5.05. The van der Waals surface area contributed by atoms with E-state index in [2.05, 4.69) is 83.1 Å². The Hall–Kier alpha value is -2.17. The van der Waals surface area contributed by atoms with Crippen LogP contribution in [0.4, 0.5) is 0 Å². The summed E-state index contributed by atoms with van der Waals surface area (Å²) in [4.78, 5) is 2.42. The smallest absolute Gasteiger partial charge is 0.0534 e. The summed E-state index contributed by atoms with van der Waals surface area (Å²) in [6, 6.07) is 23.4. The number of para-hydroxylation sites is 1. The molecule has 1 aliphatic heterocycles. The maximum atomic E-state index is 11.6. The molecule has 3 aromatic rings. The zero-order chi connectivity index (χ0) is 17.9. The molecule has 134 valence electrons. The maximum absolute atomic E-state index is 11.6. The Morgan fingerprint density at radius 3 is 2.19 bits per heavy atom. The van der Waals surface area contributed by atoms with E-state index < -0.39 is 10.8 Å². The van der Waals surface area contributed by atoms with Crippen LogP contribution in [-0.2, 0) is 17.3 Å². The fraction of sp³-hybridized carbons (Fsp3) is 0.273. The van der Waals surface area contributed by atoms with Crippen LogP contribution in [0.1, 0.15) is 11.3 Å². The van der Waals surface area contributed by atoms with Crippen molar-refractivity contribution in [3.05, 3.63) is 78.0 Å². The van der Waals surface area contributed by atoms with Gasteiger partial charge in [0.2, 0.25) is 0 Å². The molecular weight excluding hydrogens is 340 g/mol. The molecule has 2 aromatic carbocycles. The van der Waals surface area contributed by atoms with Gasteiger partial charge in [0.25, 0.3) is 0 Å². The quantitative estimate of drug-likeness (QED) is 0.699. The number of aromatic nitrogens is 1. The zero-order valence-corrected chi connectivity index (χ0v) is 15.9. The molecule has 3 nitrogen and oxygen atoms in total.